The maximum Gasteiger partial charge on any atom is 0.313 e. The number of anilines is 2. The molecule has 1 atom stereocenters. The highest BCUT2D eigenvalue weighted by Crippen LogP contribution is 2.23. The molecule has 1 aliphatic rings. The number of furan rings is 1. The number of rotatable bonds is 6. The Bertz CT molecular complexity index is 834. The second-order valence-electron chi connectivity index (χ2n) is 6.58. The normalized spacial score (nSPS) is 15.2. The van der Waals surface area contributed by atoms with E-state index in [1.54, 1.807) is 41.3 Å². The summed E-state index contributed by atoms with van der Waals surface area (Å²) in [5, 5.41) is 14.9. The summed E-state index contributed by atoms with van der Waals surface area (Å²) in [6.45, 7) is 0.769. The van der Waals surface area contributed by atoms with Crippen molar-refractivity contribution in [2.45, 2.75) is 31.8 Å². The molecular weight excluding hydrogens is 362 g/mol. The predicted molar refractivity (Wildman–Crippen MR) is 103 cm³/mol. The second-order valence-corrected chi connectivity index (χ2v) is 6.58. The first-order valence-corrected chi connectivity index (χ1v) is 9.25. The summed E-state index contributed by atoms with van der Waals surface area (Å²) in [4.78, 5) is 37.8. The minimum Gasteiger partial charge on any atom is -0.467 e. The van der Waals surface area contributed by atoms with Gasteiger partial charge in [-0.3, -0.25) is 14.4 Å². The van der Waals surface area contributed by atoms with Gasteiger partial charge in [-0.1, -0.05) is 6.07 Å². The molecule has 2 heterocycles. The van der Waals surface area contributed by atoms with E-state index >= 15 is 0 Å². The molecule has 3 N–H and O–H groups in total. The smallest absolute Gasteiger partial charge is 0.313 e. The molecule has 1 aromatic heterocycles. The van der Waals surface area contributed by atoms with E-state index in [1.807, 2.05) is 0 Å². The molecule has 0 radical (unpaired) electrons. The number of hydrogen-bond donors (Lipinski definition) is 3. The molecule has 28 heavy (non-hydrogen) atoms. The van der Waals surface area contributed by atoms with Gasteiger partial charge in [0.1, 0.15) is 11.9 Å². The van der Waals surface area contributed by atoms with E-state index in [9.17, 15) is 19.5 Å². The van der Waals surface area contributed by atoms with Crippen molar-refractivity contribution in [3.8, 4) is 0 Å². The van der Waals surface area contributed by atoms with Crippen LogP contribution in [0.15, 0.2) is 47.1 Å². The Balaban J connectivity index is 1.50. The van der Waals surface area contributed by atoms with Crippen LogP contribution in [-0.2, 0) is 14.4 Å². The number of carbonyl (C=O) groups excluding carboxylic acids is 3. The van der Waals surface area contributed by atoms with E-state index in [1.165, 1.54) is 6.26 Å². The Morgan fingerprint density at radius 1 is 1.18 bits per heavy atom. The molecule has 1 saturated heterocycles. The minimum atomic E-state index is -0.850. The number of carbonyl (C=O) groups is 3. The molecule has 0 spiro atoms. The standard InChI is InChI=1S/C20H23N3O5/c24-16(17-7-4-12-28-17)9-10-21-19(26)20(27)22-14-5-3-6-15(13-14)23-11-2-1-8-18(23)25/h3-7,12-13,16,24H,1-2,8-11H2,(H,21,26)(H,22,27). The molecule has 0 saturated carbocycles. The highest BCUT2D eigenvalue weighted by atomic mass is 16.4. The van der Waals surface area contributed by atoms with Crippen LogP contribution < -0.4 is 15.5 Å². The highest BCUT2D eigenvalue weighted by Gasteiger charge is 2.20. The lowest BCUT2D eigenvalue weighted by Crippen LogP contribution is -2.36. The largest absolute Gasteiger partial charge is 0.467 e. The number of aliphatic hydroxyl groups excluding tert-OH is 1. The Labute approximate surface area is 162 Å². The summed E-state index contributed by atoms with van der Waals surface area (Å²) in [7, 11) is 0. The van der Waals surface area contributed by atoms with Crippen LogP contribution in [0.1, 0.15) is 37.5 Å². The summed E-state index contributed by atoms with van der Waals surface area (Å²) in [5.74, 6) is -1.15. The van der Waals surface area contributed by atoms with Gasteiger partial charge < -0.3 is 25.1 Å². The second kappa shape index (κ2) is 9.18. The van der Waals surface area contributed by atoms with Crippen LogP contribution in [-0.4, -0.2) is 35.9 Å². The van der Waals surface area contributed by atoms with Crippen molar-refractivity contribution in [2.75, 3.05) is 23.3 Å². The summed E-state index contributed by atoms with van der Waals surface area (Å²) in [6.07, 6.45) is 3.17. The quantitative estimate of drug-likeness (QED) is 0.658. The molecule has 1 unspecified atom stereocenters. The highest BCUT2D eigenvalue weighted by molar-refractivity contribution is 6.39. The minimum absolute atomic E-state index is 0.0579. The lowest BCUT2D eigenvalue weighted by atomic mass is 10.1. The van der Waals surface area contributed by atoms with Crippen molar-refractivity contribution >= 4 is 29.1 Å². The first-order valence-electron chi connectivity index (χ1n) is 9.25. The van der Waals surface area contributed by atoms with Crippen LogP contribution in [0.2, 0.25) is 0 Å². The molecular formula is C20H23N3O5. The van der Waals surface area contributed by atoms with Gasteiger partial charge in [0.2, 0.25) is 5.91 Å². The third-order valence-corrected chi connectivity index (χ3v) is 4.52. The number of nitrogens with one attached hydrogen (secondary N) is 2. The fourth-order valence-corrected chi connectivity index (χ4v) is 3.04. The number of aliphatic hydroxyl groups is 1. The number of benzene rings is 1. The van der Waals surface area contributed by atoms with E-state index < -0.39 is 17.9 Å². The maximum atomic E-state index is 12.1. The summed E-state index contributed by atoms with van der Waals surface area (Å²) >= 11 is 0. The van der Waals surface area contributed by atoms with Crippen LogP contribution in [0, 0.1) is 0 Å². The molecule has 0 bridgehead atoms. The van der Waals surface area contributed by atoms with E-state index in [0.717, 1.165) is 12.8 Å². The first kappa shape index (κ1) is 19.6. The molecule has 8 nitrogen and oxygen atoms in total. The van der Waals surface area contributed by atoms with Crippen molar-refractivity contribution in [1.29, 1.82) is 0 Å². The molecule has 1 fully saturated rings. The van der Waals surface area contributed by atoms with Crippen LogP contribution >= 0.6 is 0 Å². The Hall–Kier alpha value is -3.13. The Morgan fingerprint density at radius 3 is 2.79 bits per heavy atom. The monoisotopic (exact) mass is 385 g/mol. The molecule has 1 aliphatic heterocycles. The van der Waals surface area contributed by atoms with Crippen molar-refractivity contribution < 1.29 is 23.9 Å². The van der Waals surface area contributed by atoms with Crippen molar-refractivity contribution in [3.63, 3.8) is 0 Å². The van der Waals surface area contributed by atoms with Crippen LogP contribution in [0.5, 0.6) is 0 Å². The average molecular weight is 385 g/mol. The van der Waals surface area contributed by atoms with Crippen LogP contribution in [0.4, 0.5) is 11.4 Å². The SMILES string of the molecule is O=C(NCCC(O)c1ccco1)C(=O)Nc1cccc(N2CCCCC2=O)c1. The van der Waals surface area contributed by atoms with Gasteiger partial charge in [0, 0.05) is 30.9 Å². The summed E-state index contributed by atoms with van der Waals surface area (Å²) in [6, 6.07) is 10.2. The fourth-order valence-electron chi connectivity index (χ4n) is 3.04. The van der Waals surface area contributed by atoms with Crippen molar-refractivity contribution in [3.05, 3.63) is 48.4 Å². The molecule has 0 aliphatic carbocycles. The van der Waals surface area contributed by atoms with E-state index in [-0.39, 0.29) is 18.9 Å². The lowest BCUT2D eigenvalue weighted by Gasteiger charge is -2.27. The van der Waals surface area contributed by atoms with Gasteiger partial charge in [0.25, 0.3) is 0 Å². The van der Waals surface area contributed by atoms with Crippen molar-refractivity contribution in [1.82, 2.24) is 5.32 Å². The van der Waals surface area contributed by atoms with Gasteiger partial charge in [-0.05, 0) is 49.6 Å². The summed E-state index contributed by atoms with van der Waals surface area (Å²) in [5.41, 5.74) is 1.14. The van der Waals surface area contributed by atoms with Gasteiger partial charge in [0.15, 0.2) is 0 Å². The first-order chi connectivity index (χ1) is 13.5. The lowest BCUT2D eigenvalue weighted by molar-refractivity contribution is -0.136. The molecule has 3 amide bonds. The topological polar surface area (TPSA) is 112 Å². The molecule has 3 rings (SSSR count). The van der Waals surface area contributed by atoms with E-state index in [4.69, 9.17) is 4.42 Å². The van der Waals surface area contributed by atoms with Gasteiger partial charge in [-0.25, -0.2) is 0 Å². The van der Waals surface area contributed by atoms with Crippen molar-refractivity contribution in [2.24, 2.45) is 0 Å². The van der Waals surface area contributed by atoms with Gasteiger partial charge in [0.05, 0.1) is 6.26 Å². The number of piperidine rings is 1. The number of hydrogen-bond acceptors (Lipinski definition) is 5. The van der Waals surface area contributed by atoms with E-state index in [2.05, 4.69) is 10.6 Å². The van der Waals surface area contributed by atoms with Crippen LogP contribution in [0.25, 0.3) is 0 Å². The average Bonchev–Trinajstić information content (AvgIpc) is 3.23. The van der Waals surface area contributed by atoms with E-state index in [0.29, 0.717) is 30.1 Å². The Kier molecular flexibility index (Phi) is 6.44. The maximum absolute atomic E-state index is 12.1. The molecule has 148 valence electrons. The number of amides is 3. The zero-order valence-electron chi connectivity index (χ0n) is 15.4. The third-order valence-electron chi connectivity index (χ3n) is 4.52. The molecule has 1 aromatic carbocycles. The predicted octanol–water partition coefficient (Wildman–Crippen LogP) is 1.97. The fraction of sp³-hybridized carbons (Fsp3) is 0.350. The van der Waals surface area contributed by atoms with Gasteiger partial charge in [-0.2, -0.15) is 0 Å². The number of nitrogens with zero attached hydrogens (tertiary/aromatic N) is 1. The Morgan fingerprint density at radius 2 is 2.04 bits per heavy atom. The zero-order chi connectivity index (χ0) is 19.9. The van der Waals surface area contributed by atoms with Gasteiger partial charge >= 0.3 is 11.8 Å². The third kappa shape index (κ3) is 4.98. The zero-order valence-corrected chi connectivity index (χ0v) is 15.4. The molecule has 2 aromatic rings. The summed E-state index contributed by atoms with van der Waals surface area (Å²) < 4.78 is 5.08. The van der Waals surface area contributed by atoms with Gasteiger partial charge in [-0.15, -0.1) is 0 Å². The molecule has 8 heteroatoms. The van der Waals surface area contributed by atoms with Crippen LogP contribution in [0.3, 0.4) is 0 Å².